The molecule has 294 valence electrons. The fraction of sp³-hybridized carbons (Fsp3) is 0.870. The zero-order valence-electron chi connectivity index (χ0n) is 33.7. The van der Waals surface area contributed by atoms with Crippen LogP contribution >= 0.6 is 0 Å². The summed E-state index contributed by atoms with van der Waals surface area (Å²) in [4.78, 5) is 23.5. The van der Waals surface area contributed by atoms with Crippen LogP contribution in [0.4, 0.5) is 0 Å². The zero-order valence-corrected chi connectivity index (χ0v) is 33.7. The van der Waals surface area contributed by atoms with E-state index < -0.39 is 5.97 Å². The van der Waals surface area contributed by atoms with Crippen LogP contribution in [-0.4, -0.2) is 23.1 Å². The summed E-state index contributed by atoms with van der Waals surface area (Å²) in [7, 11) is 0. The van der Waals surface area contributed by atoms with Crippen molar-refractivity contribution < 1.29 is 19.4 Å². The van der Waals surface area contributed by atoms with Gasteiger partial charge in [0.15, 0.2) is 0 Å². The molecular weight excluding hydrogens is 617 g/mol. The zero-order chi connectivity index (χ0) is 36.4. The molecule has 0 bridgehead atoms. The molecule has 0 radical (unpaired) electrons. The summed E-state index contributed by atoms with van der Waals surface area (Å²) in [5.74, 6) is -0.704. The average Bonchev–Trinajstić information content (AvgIpc) is 3.10. The van der Waals surface area contributed by atoms with Crippen LogP contribution in [0.1, 0.15) is 251 Å². The second-order valence-corrected chi connectivity index (χ2v) is 15.2. The quantitative estimate of drug-likeness (QED) is 0.0391. The molecule has 0 saturated carbocycles. The van der Waals surface area contributed by atoms with Crippen LogP contribution in [-0.2, 0) is 14.3 Å². The molecule has 0 saturated heterocycles. The Labute approximate surface area is 312 Å². The highest BCUT2D eigenvalue weighted by molar-refractivity contribution is 5.69. The SMILES string of the molecule is CCCCCC/C=C\C/C=C\CCCCCCCC(=O)OC(CCCCCCCCCCCCCCCCCC)CCCCCCCC(=O)O. The van der Waals surface area contributed by atoms with Crippen LogP contribution in [0.5, 0.6) is 0 Å². The molecule has 0 aromatic heterocycles. The number of ether oxygens (including phenoxy) is 1. The molecule has 4 heteroatoms. The molecule has 0 aliphatic heterocycles. The van der Waals surface area contributed by atoms with Crippen LogP contribution in [0.3, 0.4) is 0 Å². The maximum Gasteiger partial charge on any atom is 0.306 e. The van der Waals surface area contributed by atoms with Gasteiger partial charge in [0.1, 0.15) is 6.10 Å². The Kier molecular flexibility index (Phi) is 40.5. The largest absolute Gasteiger partial charge is 0.481 e. The molecule has 0 amide bonds. The lowest BCUT2D eigenvalue weighted by molar-refractivity contribution is -0.150. The average molecular weight is 703 g/mol. The Balaban J connectivity index is 4.02. The van der Waals surface area contributed by atoms with Gasteiger partial charge >= 0.3 is 11.9 Å². The van der Waals surface area contributed by atoms with Gasteiger partial charge in [-0.05, 0) is 70.6 Å². The summed E-state index contributed by atoms with van der Waals surface area (Å²) < 4.78 is 6.03. The van der Waals surface area contributed by atoms with E-state index in [9.17, 15) is 9.59 Å². The number of carboxylic acids is 1. The molecule has 0 aromatic carbocycles. The summed E-state index contributed by atoms with van der Waals surface area (Å²) in [6.45, 7) is 4.55. The summed E-state index contributed by atoms with van der Waals surface area (Å²) in [5.41, 5.74) is 0. The molecule has 0 heterocycles. The number of rotatable bonds is 41. The number of allylic oxidation sites excluding steroid dienone is 4. The third-order valence-corrected chi connectivity index (χ3v) is 10.2. The summed E-state index contributed by atoms with van der Waals surface area (Å²) in [6.07, 6.45) is 53.5. The van der Waals surface area contributed by atoms with Crippen LogP contribution in [0.15, 0.2) is 24.3 Å². The molecule has 50 heavy (non-hydrogen) atoms. The van der Waals surface area contributed by atoms with Gasteiger partial charge in [-0.15, -0.1) is 0 Å². The molecule has 0 fully saturated rings. The highest BCUT2D eigenvalue weighted by atomic mass is 16.5. The Hall–Kier alpha value is -1.58. The topological polar surface area (TPSA) is 63.6 Å². The molecule has 4 nitrogen and oxygen atoms in total. The minimum atomic E-state index is -0.699. The first-order chi connectivity index (χ1) is 24.6. The number of esters is 1. The second kappa shape index (κ2) is 41.8. The lowest BCUT2D eigenvalue weighted by atomic mass is 10.0. The summed E-state index contributed by atoms with van der Waals surface area (Å²) in [6, 6.07) is 0. The number of carbonyl (C=O) groups is 2. The van der Waals surface area contributed by atoms with Gasteiger partial charge in [0.2, 0.25) is 0 Å². The van der Waals surface area contributed by atoms with Gasteiger partial charge in [0.05, 0.1) is 0 Å². The smallest absolute Gasteiger partial charge is 0.306 e. The molecule has 1 atom stereocenters. The van der Waals surface area contributed by atoms with E-state index in [1.54, 1.807) is 0 Å². The Bertz CT molecular complexity index is 757. The standard InChI is InChI=1S/C46H86O4/c1-3-5-7-9-11-13-15-17-19-21-23-25-27-29-32-36-40-44(41-37-33-31-34-38-42-45(47)48)50-46(49)43-39-35-30-28-26-24-22-20-18-16-14-12-10-8-6-4-2/h14,16,20,22,44H,3-13,15,17-19,21,23-43H2,1-2H3,(H,47,48)/b16-14-,22-20-. The predicted octanol–water partition coefficient (Wildman–Crippen LogP) is 15.6. The third kappa shape index (κ3) is 40.8. The van der Waals surface area contributed by atoms with Crippen molar-refractivity contribution in [1.82, 2.24) is 0 Å². The number of hydrogen-bond acceptors (Lipinski definition) is 3. The van der Waals surface area contributed by atoms with Gasteiger partial charge in [-0.2, -0.15) is 0 Å². The van der Waals surface area contributed by atoms with Crippen molar-refractivity contribution in [2.75, 3.05) is 0 Å². The molecule has 0 aromatic rings. The van der Waals surface area contributed by atoms with Gasteiger partial charge < -0.3 is 9.84 Å². The second-order valence-electron chi connectivity index (χ2n) is 15.2. The molecule has 1 unspecified atom stereocenters. The Morgan fingerprint density at radius 1 is 0.440 bits per heavy atom. The van der Waals surface area contributed by atoms with E-state index in [2.05, 4.69) is 38.2 Å². The van der Waals surface area contributed by atoms with E-state index >= 15 is 0 Å². The lowest BCUT2D eigenvalue weighted by Gasteiger charge is -2.18. The molecular formula is C46H86O4. The van der Waals surface area contributed by atoms with Crippen molar-refractivity contribution >= 4 is 11.9 Å². The Morgan fingerprint density at radius 3 is 1.20 bits per heavy atom. The number of unbranched alkanes of at least 4 members (excludes halogenated alkanes) is 28. The van der Waals surface area contributed by atoms with Gasteiger partial charge in [0, 0.05) is 12.8 Å². The first kappa shape index (κ1) is 48.4. The first-order valence-electron chi connectivity index (χ1n) is 22.3. The van der Waals surface area contributed by atoms with E-state index in [0.29, 0.717) is 6.42 Å². The van der Waals surface area contributed by atoms with E-state index in [1.807, 2.05) is 0 Å². The van der Waals surface area contributed by atoms with Gasteiger partial charge in [0.25, 0.3) is 0 Å². The minimum absolute atomic E-state index is 0.00528. The van der Waals surface area contributed by atoms with Crippen molar-refractivity contribution in [2.45, 2.75) is 258 Å². The number of aliphatic carboxylic acids is 1. The lowest BCUT2D eigenvalue weighted by Crippen LogP contribution is -2.18. The van der Waals surface area contributed by atoms with E-state index in [4.69, 9.17) is 9.84 Å². The van der Waals surface area contributed by atoms with Gasteiger partial charge in [-0.1, -0.05) is 192 Å². The molecule has 0 spiro atoms. The monoisotopic (exact) mass is 703 g/mol. The summed E-state index contributed by atoms with van der Waals surface area (Å²) >= 11 is 0. The molecule has 0 aliphatic rings. The van der Waals surface area contributed by atoms with Crippen LogP contribution in [0, 0.1) is 0 Å². The number of carbonyl (C=O) groups excluding carboxylic acids is 1. The fourth-order valence-corrected chi connectivity index (χ4v) is 6.86. The van der Waals surface area contributed by atoms with Crippen molar-refractivity contribution in [3.63, 3.8) is 0 Å². The maximum absolute atomic E-state index is 12.7. The van der Waals surface area contributed by atoms with Crippen LogP contribution in [0.25, 0.3) is 0 Å². The van der Waals surface area contributed by atoms with Crippen molar-refractivity contribution in [3.8, 4) is 0 Å². The van der Waals surface area contributed by atoms with Crippen LogP contribution in [0.2, 0.25) is 0 Å². The number of hydrogen-bond donors (Lipinski definition) is 1. The highest BCUT2D eigenvalue weighted by Crippen LogP contribution is 2.19. The minimum Gasteiger partial charge on any atom is -0.481 e. The fourth-order valence-electron chi connectivity index (χ4n) is 6.86. The molecule has 0 rings (SSSR count). The predicted molar refractivity (Wildman–Crippen MR) is 218 cm³/mol. The van der Waals surface area contributed by atoms with Gasteiger partial charge in [-0.3, -0.25) is 9.59 Å². The molecule has 0 aliphatic carbocycles. The normalized spacial score (nSPS) is 12.4. The Morgan fingerprint density at radius 2 is 0.780 bits per heavy atom. The van der Waals surface area contributed by atoms with Crippen LogP contribution < -0.4 is 0 Å². The van der Waals surface area contributed by atoms with Crippen molar-refractivity contribution in [2.24, 2.45) is 0 Å². The first-order valence-corrected chi connectivity index (χ1v) is 22.3. The highest BCUT2D eigenvalue weighted by Gasteiger charge is 2.14. The van der Waals surface area contributed by atoms with E-state index in [1.165, 1.54) is 148 Å². The molecule has 1 N–H and O–H groups in total. The van der Waals surface area contributed by atoms with E-state index in [0.717, 1.165) is 77.0 Å². The van der Waals surface area contributed by atoms with Crippen molar-refractivity contribution in [3.05, 3.63) is 24.3 Å². The summed E-state index contributed by atoms with van der Waals surface area (Å²) in [5, 5.41) is 8.84. The van der Waals surface area contributed by atoms with Crippen molar-refractivity contribution in [1.29, 1.82) is 0 Å². The number of carboxylic acid groups (broad SMARTS) is 1. The maximum atomic E-state index is 12.7. The van der Waals surface area contributed by atoms with E-state index in [-0.39, 0.29) is 18.5 Å². The third-order valence-electron chi connectivity index (χ3n) is 10.2. The van der Waals surface area contributed by atoms with Gasteiger partial charge in [-0.25, -0.2) is 0 Å².